The van der Waals surface area contributed by atoms with Crippen LogP contribution in [0.1, 0.15) is 20.3 Å². The fraction of sp³-hybridized carbons (Fsp3) is 0.462. The standard InChI is InChI=1S/C13H20NO4P/c1-10(2)8-12(13(15)16)14-9-19(17,18)11-6-4-3-5-7-11/h3-7,10,12,14H,8-9H2,1-2H3,(H,15,16)(H,17,18)/t12-/m1/s1. The number of aliphatic carboxylic acids is 1. The first-order chi connectivity index (χ1) is 8.83. The highest BCUT2D eigenvalue weighted by Crippen LogP contribution is 2.37. The predicted molar refractivity (Wildman–Crippen MR) is 74.8 cm³/mol. The van der Waals surface area contributed by atoms with Crippen molar-refractivity contribution in [3.63, 3.8) is 0 Å². The molecule has 19 heavy (non-hydrogen) atoms. The molecule has 1 unspecified atom stereocenters. The van der Waals surface area contributed by atoms with Gasteiger partial charge in [0, 0.05) is 5.30 Å². The largest absolute Gasteiger partial charge is 0.480 e. The number of hydrogen-bond donors (Lipinski definition) is 3. The molecule has 0 saturated heterocycles. The number of carbonyl (C=O) groups is 1. The van der Waals surface area contributed by atoms with Gasteiger partial charge in [0.05, 0.1) is 6.29 Å². The zero-order chi connectivity index (χ0) is 14.5. The summed E-state index contributed by atoms with van der Waals surface area (Å²) in [7, 11) is -3.56. The van der Waals surface area contributed by atoms with Gasteiger partial charge in [-0.15, -0.1) is 0 Å². The highest BCUT2D eigenvalue weighted by atomic mass is 31.2. The van der Waals surface area contributed by atoms with Crippen molar-refractivity contribution in [1.82, 2.24) is 5.32 Å². The van der Waals surface area contributed by atoms with E-state index in [4.69, 9.17) is 5.11 Å². The van der Waals surface area contributed by atoms with Gasteiger partial charge in [-0.3, -0.25) is 14.7 Å². The Bertz CT molecular complexity index is 461. The lowest BCUT2D eigenvalue weighted by molar-refractivity contribution is -0.139. The van der Waals surface area contributed by atoms with Gasteiger partial charge in [-0.25, -0.2) is 0 Å². The molecule has 0 fully saturated rings. The van der Waals surface area contributed by atoms with Crippen LogP contribution in [-0.2, 0) is 9.36 Å². The highest BCUT2D eigenvalue weighted by Gasteiger charge is 2.25. The van der Waals surface area contributed by atoms with Crippen LogP contribution >= 0.6 is 7.37 Å². The number of rotatable bonds is 7. The summed E-state index contributed by atoms with van der Waals surface area (Å²) in [6, 6.07) is 7.46. The second kappa shape index (κ2) is 6.85. The van der Waals surface area contributed by atoms with Crippen molar-refractivity contribution < 1.29 is 19.4 Å². The summed E-state index contributed by atoms with van der Waals surface area (Å²) in [6.45, 7) is 3.82. The first-order valence-electron chi connectivity index (χ1n) is 6.16. The minimum atomic E-state index is -3.56. The molecule has 0 radical (unpaired) electrons. The Morgan fingerprint density at radius 2 is 1.89 bits per heavy atom. The van der Waals surface area contributed by atoms with Gasteiger partial charge in [-0.1, -0.05) is 32.0 Å². The number of carboxylic acid groups (broad SMARTS) is 1. The molecule has 0 aliphatic carbocycles. The fourth-order valence-corrected chi connectivity index (χ4v) is 3.02. The van der Waals surface area contributed by atoms with Crippen LogP contribution in [-0.4, -0.2) is 28.3 Å². The highest BCUT2D eigenvalue weighted by molar-refractivity contribution is 7.66. The summed E-state index contributed by atoms with van der Waals surface area (Å²) in [4.78, 5) is 21.0. The van der Waals surface area contributed by atoms with E-state index in [0.29, 0.717) is 11.7 Å². The third-order valence-electron chi connectivity index (χ3n) is 2.72. The third kappa shape index (κ3) is 5.15. The van der Waals surface area contributed by atoms with Crippen LogP contribution in [0.15, 0.2) is 30.3 Å². The molecule has 0 aromatic heterocycles. The second-order valence-electron chi connectivity index (χ2n) is 4.92. The Balaban J connectivity index is 2.68. The molecule has 0 spiro atoms. The molecule has 0 saturated carbocycles. The Labute approximate surface area is 113 Å². The lowest BCUT2D eigenvalue weighted by Gasteiger charge is -2.19. The van der Waals surface area contributed by atoms with E-state index in [9.17, 15) is 14.3 Å². The molecule has 1 rings (SSSR count). The summed E-state index contributed by atoms with van der Waals surface area (Å²) >= 11 is 0. The number of carboxylic acids is 1. The van der Waals surface area contributed by atoms with E-state index >= 15 is 0 Å². The van der Waals surface area contributed by atoms with E-state index in [0.717, 1.165) is 0 Å². The zero-order valence-electron chi connectivity index (χ0n) is 11.1. The van der Waals surface area contributed by atoms with E-state index in [1.807, 2.05) is 13.8 Å². The minimum absolute atomic E-state index is 0.198. The van der Waals surface area contributed by atoms with E-state index in [1.54, 1.807) is 30.3 Å². The van der Waals surface area contributed by atoms with Gasteiger partial charge in [-0.2, -0.15) is 0 Å². The maximum Gasteiger partial charge on any atom is 0.320 e. The first kappa shape index (κ1) is 15.9. The summed E-state index contributed by atoms with van der Waals surface area (Å²) in [5.74, 6) is -0.801. The molecule has 106 valence electrons. The number of hydrogen-bond acceptors (Lipinski definition) is 3. The van der Waals surface area contributed by atoms with Crippen molar-refractivity contribution in [1.29, 1.82) is 0 Å². The second-order valence-corrected chi connectivity index (χ2v) is 7.16. The van der Waals surface area contributed by atoms with Crippen LogP contribution in [0.3, 0.4) is 0 Å². The first-order valence-corrected chi connectivity index (χ1v) is 8.01. The summed E-state index contributed by atoms with van der Waals surface area (Å²) in [5.41, 5.74) is 0. The average molecular weight is 285 g/mol. The maximum atomic E-state index is 12.1. The molecule has 0 aliphatic rings. The topological polar surface area (TPSA) is 86.6 Å². The lowest BCUT2D eigenvalue weighted by Crippen LogP contribution is -2.39. The van der Waals surface area contributed by atoms with Crippen molar-refractivity contribution in [2.45, 2.75) is 26.3 Å². The number of nitrogens with one attached hydrogen (secondary N) is 1. The van der Waals surface area contributed by atoms with Crippen molar-refractivity contribution in [2.24, 2.45) is 5.92 Å². The lowest BCUT2D eigenvalue weighted by atomic mass is 10.0. The van der Waals surface area contributed by atoms with Crippen molar-refractivity contribution in [3.8, 4) is 0 Å². The molecular weight excluding hydrogens is 265 g/mol. The Kier molecular flexibility index (Phi) is 5.73. The van der Waals surface area contributed by atoms with Gasteiger partial charge in [0.2, 0.25) is 7.37 Å². The van der Waals surface area contributed by atoms with Crippen LogP contribution < -0.4 is 10.6 Å². The SMILES string of the molecule is CC(C)C[C@@H](NCP(=O)(O)c1ccccc1)C(=O)O. The van der Waals surface area contributed by atoms with E-state index in [-0.39, 0.29) is 12.2 Å². The van der Waals surface area contributed by atoms with Crippen molar-refractivity contribution in [3.05, 3.63) is 30.3 Å². The van der Waals surface area contributed by atoms with Crippen LogP contribution in [0.2, 0.25) is 0 Å². The van der Waals surface area contributed by atoms with Gasteiger partial charge in [-0.05, 0) is 24.5 Å². The van der Waals surface area contributed by atoms with E-state index < -0.39 is 19.4 Å². The van der Waals surface area contributed by atoms with E-state index in [2.05, 4.69) is 5.32 Å². The van der Waals surface area contributed by atoms with Crippen LogP contribution in [0.25, 0.3) is 0 Å². The molecule has 0 aliphatic heterocycles. The van der Waals surface area contributed by atoms with Gasteiger partial charge in [0.25, 0.3) is 0 Å². The van der Waals surface area contributed by atoms with Gasteiger partial charge in [0.15, 0.2) is 0 Å². The van der Waals surface area contributed by atoms with Crippen LogP contribution in [0, 0.1) is 5.92 Å². The molecule has 2 atom stereocenters. The van der Waals surface area contributed by atoms with Gasteiger partial charge in [0.1, 0.15) is 6.04 Å². The smallest absolute Gasteiger partial charge is 0.320 e. The molecular formula is C13H20NO4P. The monoisotopic (exact) mass is 285 g/mol. The quantitative estimate of drug-likeness (QED) is 0.663. The molecule has 0 heterocycles. The Morgan fingerprint density at radius 3 is 2.37 bits per heavy atom. The van der Waals surface area contributed by atoms with Crippen molar-refractivity contribution in [2.75, 3.05) is 6.29 Å². The molecule has 1 aromatic carbocycles. The minimum Gasteiger partial charge on any atom is -0.480 e. The predicted octanol–water partition coefficient (Wildman–Crippen LogP) is 1.63. The molecule has 0 bridgehead atoms. The summed E-state index contributed by atoms with van der Waals surface area (Å²) < 4.78 is 12.1. The van der Waals surface area contributed by atoms with E-state index in [1.165, 1.54) is 0 Å². The Morgan fingerprint density at radius 1 is 1.32 bits per heavy atom. The zero-order valence-corrected chi connectivity index (χ0v) is 12.0. The van der Waals surface area contributed by atoms with Crippen molar-refractivity contribution >= 4 is 18.6 Å². The van der Waals surface area contributed by atoms with Crippen LogP contribution in [0.5, 0.6) is 0 Å². The normalized spacial score (nSPS) is 16.0. The average Bonchev–Trinajstić information content (AvgIpc) is 2.35. The third-order valence-corrected chi connectivity index (χ3v) is 4.43. The van der Waals surface area contributed by atoms with Gasteiger partial charge >= 0.3 is 5.97 Å². The molecule has 5 nitrogen and oxygen atoms in total. The van der Waals surface area contributed by atoms with Gasteiger partial charge < -0.3 is 10.00 Å². The molecule has 6 heteroatoms. The maximum absolute atomic E-state index is 12.1. The summed E-state index contributed by atoms with van der Waals surface area (Å²) in [6.07, 6.45) is 0.185. The number of benzene rings is 1. The molecule has 1 aromatic rings. The summed E-state index contributed by atoms with van der Waals surface area (Å²) in [5, 5.41) is 12.1. The molecule has 0 amide bonds. The fourth-order valence-electron chi connectivity index (χ4n) is 1.73. The Hall–Kier alpha value is -1.16. The molecule has 3 N–H and O–H groups in total. The van der Waals surface area contributed by atoms with Crippen LogP contribution in [0.4, 0.5) is 0 Å².